The van der Waals surface area contributed by atoms with E-state index in [1.54, 1.807) is 36.3 Å². The molecule has 0 bridgehead atoms. The van der Waals surface area contributed by atoms with E-state index in [-0.39, 0.29) is 11.5 Å². The molecule has 1 amide bonds. The highest BCUT2D eigenvalue weighted by Gasteiger charge is 2.26. The van der Waals surface area contributed by atoms with Crippen molar-refractivity contribution < 1.29 is 23.7 Å². The zero-order chi connectivity index (χ0) is 25.3. The number of nitrogens with zero attached hydrogens (tertiary/aromatic N) is 2. The van der Waals surface area contributed by atoms with Crippen molar-refractivity contribution in [2.45, 2.75) is 13.3 Å². The standard InChI is InChI=1S/C29H28N2O5/c1-3-34-28-19-21(8-13-27(28)36-17-16-35-25-11-9-24(33-2)10-12-25)18-23(20-30)29(32)31-15-14-22-6-4-5-7-26(22)31/h4-13,18-19H,3,14-17H2,1-2H3/b23-18+. The summed E-state index contributed by atoms with van der Waals surface area (Å²) < 4.78 is 22.5. The topological polar surface area (TPSA) is 81.0 Å². The number of fused-ring (bicyclic) bond motifs is 1. The summed E-state index contributed by atoms with van der Waals surface area (Å²) in [5.41, 5.74) is 2.71. The van der Waals surface area contributed by atoms with Gasteiger partial charge in [-0.15, -0.1) is 0 Å². The van der Waals surface area contributed by atoms with Crippen LogP contribution in [0.4, 0.5) is 5.69 Å². The zero-order valence-electron chi connectivity index (χ0n) is 20.4. The molecule has 0 fully saturated rings. The van der Waals surface area contributed by atoms with Crippen molar-refractivity contribution >= 4 is 17.7 Å². The number of para-hydroxylation sites is 1. The van der Waals surface area contributed by atoms with Crippen LogP contribution in [0, 0.1) is 11.3 Å². The van der Waals surface area contributed by atoms with Crippen molar-refractivity contribution in [3.8, 4) is 29.1 Å². The van der Waals surface area contributed by atoms with E-state index in [1.807, 2.05) is 55.5 Å². The molecule has 7 heteroatoms. The lowest BCUT2D eigenvalue weighted by Gasteiger charge is -2.17. The molecule has 4 rings (SSSR count). The van der Waals surface area contributed by atoms with E-state index in [9.17, 15) is 10.1 Å². The average Bonchev–Trinajstić information content (AvgIpc) is 3.35. The van der Waals surface area contributed by atoms with Gasteiger partial charge < -0.3 is 23.8 Å². The Kier molecular flexibility index (Phi) is 8.09. The Bertz CT molecular complexity index is 1280. The quantitative estimate of drug-likeness (QED) is 0.228. The summed E-state index contributed by atoms with van der Waals surface area (Å²) in [6.45, 7) is 3.56. The minimum absolute atomic E-state index is 0.0655. The van der Waals surface area contributed by atoms with Gasteiger partial charge in [0, 0.05) is 12.2 Å². The van der Waals surface area contributed by atoms with E-state index in [2.05, 4.69) is 6.07 Å². The molecule has 36 heavy (non-hydrogen) atoms. The first-order valence-corrected chi connectivity index (χ1v) is 11.8. The maximum atomic E-state index is 13.1. The number of nitriles is 1. The predicted octanol–water partition coefficient (Wildman–Crippen LogP) is 5.05. The lowest BCUT2D eigenvalue weighted by molar-refractivity contribution is -0.114. The zero-order valence-corrected chi connectivity index (χ0v) is 20.4. The van der Waals surface area contributed by atoms with Gasteiger partial charge in [-0.25, -0.2) is 0 Å². The van der Waals surface area contributed by atoms with Gasteiger partial charge in [0.15, 0.2) is 11.5 Å². The molecule has 184 valence electrons. The van der Waals surface area contributed by atoms with Gasteiger partial charge in [0.2, 0.25) is 0 Å². The van der Waals surface area contributed by atoms with Gasteiger partial charge in [-0.1, -0.05) is 24.3 Å². The predicted molar refractivity (Wildman–Crippen MR) is 138 cm³/mol. The molecule has 0 saturated carbocycles. The average molecular weight is 485 g/mol. The van der Waals surface area contributed by atoms with Crippen molar-refractivity contribution in [2.75, 3.05) is 38.4 Å². The maximum Gasteiger partial charge on any atom is 0.268 e. The molecule has 0 aromatic heterocycles. The second kappa shape index (κ2) is 11.8. The number of rotatable bonds is 10. The first kappa shape index (κ1) is 24.7. The van der Waals surface area contributed by atoms with Gasteiger partial charge in [0.1, 0.15) is 36.4 Å². The highest BCUT2D eigenvalue weighted by Crippen LogP contribution is 2.31. The fourth-order valence-corrected chi connectivity index (χ4v) is 3.99. The van der Waals surface area contributed by atoms with Crippen LogP contribution in [-0.4, -0.2) is 39.4 Å². The Hall–Kier alpha value is -4.44. The Morgan fingerprint density at radius 3 is 2.47 bits per heavy atom. The van der Waals surface area contributed by atoms with E-state index in [1.165, 1.54) is 0 Å². The number of hydrogen-bond donors (Lipinski definition) is 0. The van der Waals surface area contributed by atoms with Crippen LogP contribution >= 0.6 is 0 Å². The van der Waals surface area contributed by atoms with Gasteiger partial charge in [-0.05, 0) is 73.0 Å². The fourth-order valence-electron chi connectivity index (χ4n) is 3.99. The van der Waals surface area contributed by atoms with E-state index in [4.69, 9.17) is 18.9 Å². The number of carbonyl (C=O) groups excluding carboxylic acids is 1. The van der Waals surface area contributed by atoms with Gasteiger partial charge in [-0.2, -0.15) is 5.26 Å². The van der Waals surface area contributed by atoms with Crippen molar-refractivity contribution in [3.05, 3.63) is 83.4 Å². The molecule has 3 aromatic carbocycles. The van der Waals surface area contributed by atoms with E-state index in [0.717, 1.165) is 29.2 Å². The number of anilines is 1. The molecule has 0 aliphatic carbocycles. The molecular formula is C29H28N2O5. The summed E-state index contributed by atoms with van der Waals surface area (Å²) in [6.07, 6.45) is 2.37. The third-order valence-corrected chi connectivity index (χ3v) is 5.73. The highest BCUT2D eigenvalue weighted by atomic mass is 16.5. The number of methoxy groups -OCH3 is 1. The normalized spacial score (nSPS) is 12.5. The molecular weight excluding hydrogens is 456 g/mol. The van der Waals surface area contributed by atoms with Crippen LogP contribution in [0.25, 0.3) is 6.08 Å². The van der Waals surface area contributed by atoms with E-state index >= 15 is 0 Å². The molecule has 7 nitrogen and oxygen atoms in total. The monoisotopic (exact) mass is 484 g/mol. The molecule has 1 aliphatic rings. The Labute approximate surface area is 211 Å². The number of benzene rings is 3. The largest absolute Gasteiger partial charge is 0.497 e. The van der Waals surface area contributed by atoms with Crippen LogP contribution in [0.15, 0.2) is 72.3 Å². The summed E-state index contributed by atoms with van der Waals surface area (Å²) in [7, 11) is 1.62. The van der Waals surface area contributed by atoms with E-state index < -0.39 is 0 Å². The molecule has 1 heterocycles. The van der Waals surface area contributed by atoms with Crippen LogP contribution < -0.4 is 23.8 Å². The van der Waals surface area contributed by atoms with Gasteiger partial charge in [-0.3, -0.25) is 4.79 Å². The SMILES string of the molecule is CCOc1cc(/C=C(\C#N)C(=O)N2CCc3ccccc32)ccc1OCCOc1ccc(OC)cc1. The highest BCUT2D eigenvalue weighted by molar-refractivity contribution is 6.12. The molecule has 1 aliphatic heterocycles. The smallest absolute Gasteiger partial charge is 0.268 e. The lowest BCUT2D eigenvalue weighted by Crippen LogP contribution is -2.29. The lowest BCUT2D eigenvalue weighted by atomic mass is 10.1. The molecule has 3 aromatic rings. The second-order valence-electron chi connectivity index (χ2n) is 8.02. The second-order valence-corrected chi connectivity index (χ2v) is 8.02. The molecule has 0 unspecified atom stereocenters. The minimum atomic E-state index is -0.309. The Morgan fingerprint density at radius 2 is 1.72 bits per heavy atom. The minimum Gasteiger partial charge on any atom is -0.497 e. The van der Waals surface area contributed by atoms with Crippen LogP contribution in [0.5, 0.6) is 23.0 Å². The van der Waals surface area contributed by atoms with Gasteiger partial charge in [0.25, 0.3) is 5.91 Å². The molecule has 0 spiro atoms. The first-order chi connectivity index (χ1) is 17.6. The fraction of sp³-hybridized carbons (Fsp3) is 0.241. The summed E-state index contributed by atoms with van der Waals surface area (Å²) >= 11 is 0. The van der Waals surface area contributed by atoms with Gasteiger partial charge >= 0.3 is 0 Å². The third kappa shape index (κ3) is 5.78. The van der Waals surface area contributed by atoms with Gasteiger partial charge in [0.05, 0.1) is 13.7 Å². The molecule has 0 radical (unpaired) electrons. The van der Waals surface area contributed by atoms with Crippen molar-refractivity contribution in [1.82, 2.24) is 0 Å². The molecule has 0 saturated heterocycles. The summed E-state index contributed by atoms with van der Waals surface area (Å²) in [4.78, 5) is 14.8. The molecule has 0 atom stereocenters. The Balaban J connectivity index is 1.42. The van der Waals surface area contributed by atoms with Crippen LogP contribution in [0.1, 0.15) is 18.1 Å². The number of amides is 1. The maximum absolute atomic E-state index is 13.1. The summed E-state index contributed by atoms with van der Waals surface area (Å²) in [5, 5.41) is 9.72. The van der Waals surface area contributed by atoms with Crippen LogP contribution in [-0.2, 0) is 11.2 Å². The van der Waals surface area contributed by atoms with Crippen LogP contribution in [0.2, 0.25) is 0 Å². The third-order valence-electron chi connectivity index (χ3n) is 5.73. The number of ether oxygens (including phenoxy) is 4. The van der Waals surface area contributed by atoms with E-state index in [0.29, 0.717) is 43.4 Å². The number of hydrogen-bond acceptors (Lipinski definition) is 6. The van der Waals surface area contributed by atoms with Crippen LogP contribution in [0.3, 0.4) is 0 Å². The van der Waals surface area contributed by atoms with Crippen molar-refractivity contribution in [3.63, 3.8) is 0 Å². The first-order valence-electron chi connectivity index (χ1n) is 11.8. The Morgan fingerprint density at radius 1 is 0.972 bits per heavy atom. The molecule has 0 N–H and O–H groups in total. The van der Waals surface area contributed by atoms with Crippen molar-refractivity contribution in [2.24, 2.45) is 0 Å². The summed E-state index contributed by atoms with van der Waals surface area (Å²) in [5.74, 6) is 2.27. The van der Waals surface area contributed by atoms with Crippen molar-refractivity contribution in [1.29, 1.82) is 5.26 Å². The number of carbonyl (C=O) groups is 1. The summed E-state index contributed by atoms with van der Waals surface area (Å²) in [6, 6.07) is 22.5.